The van der Waals surface area contributed by atoms with E-state index in [1.54, 1.807) is 24.3 Å². The number of nitrogens with one attached hydrogen (secondary N) is 2. The van der Waals surface area contributed by atoms with Crippen LogP contribution in [0.4, 0.5) is 0 Å². The monoisotopic (exact) mass is 530 g/mol. The SMILES string of the molecule is C1CNCCN1.Oc1ccc2cc(Br)ccc2c1.Oc1ccc2cc(Br)ccc2c1. The lowest BCUT2D eigenvalue weighted by Gasteiger charge is -2.11. The number of hydrogen-bond donors (Lipinski definition) is 4. The van der Waals surface area contributed by atoms with E-state index in [1.807, 2.05) is 48.5 Å². The van der Waals surface area contributed by atoms with Crippen molar-refractivity contribution < 1.29 is 10.2 Å². The van der Waals surface area contributed by atoms with Gasteiger partial charge in [-0.3, -0.25) is 0 Å². The van der Waals surface area contributed by atoms with Crippen LogP contribution in [0.1, 0.15) is 0 Å². The van der Waals surface area contributed by atoms with Crippen molar-refractivity contribution in [3.05, 3.63) is 81.7 Å². The maximum atomic E-state index is 9.19. The average Bonchev–Trinajstić information content (AvgIpc) is 2.76. The Kier molecular flexibility index (Phi) is 8.51. The van der Waals surface area contributed by atoms with Crippen LogP contribution < -0.4 is 10.6 Å². The molecule has 4 N–H and O–H groups in total. The van der Waals surface area contributed by atoms with Gasteiger partial charge in [-0.1, -0.05) is 56.1 Å². The Morgan fingerprint density at radius 1 is 0.500 bits per heavy atom. The maximum absolute atomic E-state index is 9.19. The van der Waals surface area contributed by atoms with E-state index in [2.05, 4.69) is 42.5 Å². The number of phenols is 2. The first kappa shape index (κ1) is 22.6. The fourth-order valence-electron chi connectivity index (χ4n) is 3.01. The molecule has 1 aliphatic heterocycles. The number of benzene rings is 4. The van der Waals surface area contributed by atoms with Crippen molar-refractivity contribution in [3.63, 3.8) is 0 Å². The molecule has 0 amide bonds. The first-order chi connectivity index (χ1) is 14.5. The zero-order valence-corrected chi connectivity index (χ0v) is 19.6. The number of piperazine rings is 1. The van der Waals surface area contributed by atoms with Crippen LogP contribution in [0.3, 0.4) is 0 Å². The number of fused-ring (bicyclic) bond motifs is 2. The standard InChI is InChI=1S/2C10H7BrO.C4H10N2/c2*11-9-3-1-8-6-10(12)4-2-7(8)5-9;1-2-6-4-3-5-1/h2*1-6,12H;5-6H,1-4H2. The summed E-state index contributed by atoms with van der Waals surface area (Å²) < 4.78 is 2.11. The number of halogens is 2. The molecule has 0 bridgehead atoms. The number of rotatable bonds is 0. The molecular formula is C24H24Br2N2O2. The molecule has 0 atom stereocenters. The van der Waals surface area contributed by atoms with E-state index in [0.29, 0.717) is 11.5 Å². The van der Waals surface area contributed by atoms with E-state index >= 15 is 0 Å². The van der Waals surface area contributed by atoms with Gasteiger partial charge < -0.3 is 20.8 Å². The van der Waals surface area contributed by atoms with Crippen LogP contribution in [0.15, 0.2) is 81.7 Å². The molecule has 4 nitrogen and oxygen atoms in total. The molecule has 0 unspecified atom stereocenters. The molecule has 30 heavy (non-hydrogen) atoms. The van der Waals surface area contributed by atoms with Gasteiger partial charge in [-0.25, -0.2) is 0 Å². The summed E-state index contributed by atoms with van der Waals surface area (Å²) in [7, 11) is 0. The molecule has 0 aromatic heterocycles. The molecule has 0 radical (unpaired) electrons. The van der Waals surface area contributed by atoms with Crippen molar-refractivity contribution in [1.82, 2.24) is 10.6 Å². The van der Waals surface area contributed by atoms with Gasteiger partial charge in [-0.05, 0) is 70.1 Å². The van der Waals surface area contributed by atoms with Gasteiger partial charge in [-0.2, -0.15) is 0 Å². The molecule has 1 heterocycles. The van der Waals surface area contributed by atoms with Crippen molar-refractivity contribution in [1.29, 1.82) is 0 Å². The fourth-order valence-corrected chi connectivity index (χ4v) is 3.77. The second-order valence-electron chi connectivity index (χ2n) is 6.85. The van der Waals surface area contributed by atoms with E-state index < -0.39 is 0 Å². The second-order valence-corrected chi connectivity index (χ2v) is 8.68. The molecule has 1 saturated heterocycles. The quantitative estimate of drug-likeness (QED) is 0.232. The summed E-state index contributed by atoms with van der Waals surface area (Å²) in [4.78, 5) is 0. The molecule has 156 valence electrons. The third-order valence-electron chi connectivity index (χ3n) is 4.53. The Balaban J connectivity index is 0.000000136. The largest absolute Gasteiger partial charge is 0.508 e. The molecule has 6 heteroatoms. The van der Waals surface area contributed by atoms with Gasteiger partial charge in [0, 0.05) is 35.1 Å². The minimum atomic E-state index is 0.310. The highest BCUT2D eigenvalue weighted by atomic mass is 79.9. The van der Waals surface area contributed by atoms with Crippen LogP contribution in [-0.4, -0.2) is 36.4 Å². The topological polar surface area (TPSA) is 64.5 Å². The summed E-state index contributed by atoms with van der Waals surface area (Å²) in [6.07, 6.45) is 0. The molecule has 1 aliphatic rings. The van der Waals surface area contributed by atoms with E-state index in [1.165, 1.54) is 0 Å². The van der Waals surface area contributed by atoms with Crippen molar-refractivity contribution >= 4 is 53.4 Å². The van der Waals surface area contributed by atoms with Gasteiger partial charge in [0.15, 0.2) is 0 Å². The highest BCUT2D eigenvalue weighted by Gasteiger charge is 1.96. The van der Waals surface area contributed by atoms with Crippen molar-refractivity contribution in [2.75, 3.05) is 26.2 Å². The van der Waals surface area contributed by atoms with Gasteiger partial charge in [0.1, 0.15) is 11.5 Å². The Morgan fingerprint density at radius 2 is 0.833 bits per heavy atom. The summed E-state index contributed by atoms with van der Waals surface area (Å²) in [6, 6.07) is 22.6. The highest BCUT2D eigenvalue weighted by molar-refractivity contribution is 9.10. The Hall–Kier alpha value is -2.12. The highest BCUT2D eigenvalue weighted by Crippen LogP contribution is 2.24. The lowest BCUT2D eigenvalue weighted by atomic mass is 10.1. The first-order valence-electron chi connectivity index (χ1n) is 9.69. The van der Waals surface area contributed by atoms with E-state index in [9.17, 15) is 10.2 Å². The van der Waals surface area contributed by atoms with Crippen LogP contribution in [0.5, 0.6) is 11.5 Å². The summed E-state index contributed by atoms with van der Waals surface area (Å²) >= 11 is 6.78. The Bertz CT molecular complexity index is 937. The van der Waals surface area contributed by atoms with Crippen LogP contribution in [0.2, 0.25) is 0 Å². The molecule has 0 saturated carbocycles. The maximum Gasteiger partial charge on any atom is 0.116 e. The van der Waals surface area contributed by atoms with Gasteiger partial charge in [0.25, 0.3) is 0 Å². The molecule has 4 aromatic rings. The summed E-state index contributed by atoms with van der Waals surface area (Å²) in [5.74, 6) is 0.620. The lowest BCUT2D eigenvalue weighted by Crippen LogP contribution is -2.39. The predicted molar refractivity (Wildman–Crippen MR) is 132 cm³/mol. The summed E-state index contributed by atoms with van der Waals surface area (Å²) in [5.41, 5.74) is 0. The van der Waals surface area contributed by atoms with E-state index in [0.717, 1.165) is 56.7 Å². The lowest BCUT2D eigenvalue weighted by molar-refractivity contribution is 0.475. The predicted octanol–water partition coefficient (Wildman–Crippen LogP) is 5.80. The fraction of sp³-hybridized carbons (Fsp3) is 0.167. The Labute approximate surface area is 193 Å². The molecular weight excluding hydrogens is 508 g/mol. The molecule has 0 spiro atoms. The smallest absolute Gasteiger partial charge is 0.116 e. The Morgan fingerprint density at radius 3 is 1.20 bits per heavy atom. The minimum absolute atomic E-state index is 0.310. The molecule has 1 fully saturated rings. The van der Waals surface area contributed by atoms with E-state index in [4.69, 9.17) is 0 Å². The van der Waals surface area contributed by atoms with Gasteiger partial charge in [-0.15, -0.1) is 0 Å². The zero-order valence-electron chi connectivity index (χ0n) is 16.4. The average molecular weight is 532 g/mol. The van der Waals surface area contributed by atoms with Crippen LogP contribution in [0.25, 0.3) is 21.5 Å². The first-order valence-corrected chi connectivity index (χ1v) is 11.3. The van der Waals surface area contributed by atoms with Crippen molar-refractivity contribution in [2.45, 2.75) is 0 Å². The van der Waals surface area contributed by atoms with Crippen LogP contribution in [-0.2, 0) is 0 Å². The van der Waals surface area contributed by atoms with Gasteiger partial charge >= 0.3 is 0 Å². The minimum Gasteiger partial charge on any atom is -0.508 e. The molecule has 4 aromatic carbocycles. The van der Waals surface area contributed by atoms with Crippen molar-refractivity contribution in [3.8, 4) is 11.5 Å². The third kappa shape index (κ3) is 6.99. The number of aromatic hydroxyl groups is 2. The molecule has 0 aliphatic carbocycles. The second kappa shape index (κ2) is 11.3. The summed E-state index contributed by atoms with van der Waals surface area (Å²) in [5, 5.41) is 29.2. The normalized spacial score (nSPS) is 13.1. The third-order valence-corrected chi connectivity index (χ3v) is 5.52. The summed E-state index contributed by atoms with van der Waals surface area (Å²) in [6.45, 7) is 4.56. The number of hydrogen-bond acceptors (Lipinski definition) is 4. The zero-order chi connectivity index (χ0) is 21.3. The van der Waals surface area contributed by atoms with Gasteiger partial charge in [0.2, 0.25) is 0 Å². The van der Waals surface area contributed by atoms with Crippen LogP contribution in [0, 0.1) is 0 Å². The van der Waals surface area contributed by atoms with Gasteiger partial charge in [0.05, 0.1) is 0 Å². The van der Waals surface area contributed by atoms with E-state index in [-0.39, 0.29) is 0 Å². The number of phenolic OH excluding ortho intramolecular Hbond substituents is 2. The van der Waals surface area contributed by atoms with Crippen LogP contribution >= 0.6 is 31.9 Å². The van der Waals surface area contributed by atoms with Crippen molar-refractivity contribution in [2.24, 2.45) is 0 Å². The molecule has 5 rings (SSSR count).